The van der Waals surface area contributed by atoms with Gasteiger partial charge in [-0.1, -0.05) is 27.7 Å². The van der Waals surface area contributed by atoms with Crippen LogP contribution in [-0.4, -0.2) is 78.0 Å². The molecule has 0 spiro atoms. The summed E-state index contributed by atoms with van der Waals surface area (Å²) in [6.45, 7) is 42.4. The van der Waals surface area contributed by atoms with Gasteiger partial charge in [0.25, 0.3) is 11.6 Å². The van der Waals surface area contributed by atoms with Crippen molar-refractivity contribution in [3.63, 3.8) is 0 Å². The molecule has 2 aromatic rings. The van der Waals surface area contributed by atoms with Crippen molar-refractivity contribution in [3.05, 3.63) is 34.4 Å². The van der Waals surface area contributed by atoms with E-state index in [1.54, 1.807) is 0 Å². The number of imidazole rings is 2. The molecule has 0 saturated carbocycles. The first-order valence-electron chi connectivity index (χ1n) is 19.6. The van der Waals surface area contributed by atoms with Crippen LogP contribution in [0, 0.1) is 38.5 Å². The lowest BCUT2D eigenvalue weighted by atomic mass is 9.80. The molecule has 2 saturated heterocycles. The zero-order valence-corrected chi connectivity index (χ0v) is 41.4. The highest BCUT2D eigenvalue weighted by atomic mass is 32.2. The molecule has 0 N–H and O–H groups in total. The number of rotatable bonds is 2. The highest BCUT2D eigenvalue weighted by molar-refractivity contribution is 7.86. The predicted octanol–water partition coefficient (Wildman–Crippen LogP) is 7.74. The molecule has 2 aliphatic rings. The molecule has 4 heterocycles. The fourth-order valence-electron chi connectivity index (χ4n) is 10.4. The van der Waals surface area contributed by atoms with Gasteiger partial charge in [-0.25, -0.2) is 35.1 Å². The first-order chi connectivity index (χ1) is 25.9. The van der Waals surface area contributed by atoms with Gasteiger partial charge < -0.3 is 9.11 Å². The molecule has 0 bridgehead atoms. The zero-order chi connectivity index (χ0) is 48.5. The molecule has 0 aromatic carbocycles. The van der Waals surface area contributed by atoms with E-state index >= 15 is 0 Å². The number of alkyl halides is 6. The summed E-state index contributed by atoms with van der Waals surface area (Å²) in [7, 11) is -3.29. The van der Waals surface area contributed by atoms with Gasteiger partial charge in [0.05, 0.1) is 28.2 Å². The molecule has 12 nitrogen and oxygen atoms in total. The van der Waals surface area contributed by atoms with Crippen molar-refractivity contribution in [2.45, 2.75) is 183 Å². The van der Waals surface area contributed by atoms with E-state index in [0.717, 1.165) is 0 Å². The molecule has 2 fully saturated rings. The van der Waals surface area contributed by atoms with Gasteiger partial charge >= 0.3 is 11.0 Å². The van der Waals surface area contributed by atoms with Crippen molar-refractivity contribution in [3.8, 4) is 0 Å². The predicted molar refractivity (Wildman–Crippen MR) is 217 cm³/mol. The van der Waals surface area contributed by atoms with Crippen LogP contribution < -0.4 is 9.13 Å². The summed E-state index contributed by atoms with van der Waals surface area (Å²) in [5, 5.41) is 0. The van der Waals surface area contributed by atoms with E-state index in [1.165, 1.54) is 47.3 Å². The van der Waals surface area contributed by atoms with Crippen molar-refractivity contribution in [1.82, 2.24) is 18.9 Å². The molecule has 352 valence electrons. The first kappa shape index (κ1) is 55.8. The van der Waals surface area contributed by atoms with Crippen LogP contribution in [0.5, 0.6) is 0 Å². The van der Waals surface area contributed by atoms with Crippen LogP contribution in [0.2, 0.25) is 0 Å². The fraction of sp³-hybridized carbons (Fsp3) is 0.850. The normalized spacial score (nSPS) is 22.0. The van der Waals surface area contributed by atoms with Crippen LogP contribution in [0.1, 0.15) is 156 Å². The third-order valence-electron chi connectivity index (χ3n) is 12.0. The second kappa shape index (κ2) is 17.0. The van der Waals surface area contributed by atoms with Crippen LogP contribution >= 0.6 is 0 Å². The Morgan fingerprint density at radius 2 is 0.750 bits per heavy atom. The zero-order valence-electron chi connectivity index (χ0n) is 39.8. The summed E-state index contributed by atoms with van der Waals surface area (Å²) in [4.78, 5) is 5.49. The summed E-state index contributed by atoms with van der Waals surface area (Å²) in [6.07, 6.45) is 2.43. The third kappa shape index (κ3) is 11.6. The van der Waals surface area contributed by atoms with Crippen molar-refractivity contribution < 1.29 is 61.4 Å². The maximum atomic E-state index is 10.7. The number of nitrogens with zero attached hydrogens (tertiary/aromatic N) is 6. The standard InChI is InChI=1S/2C19H36N3.2CHF3O3S/c2*1-13-14(2)21(11)16(20(13)10)15-18(6,7)12-19(8,9)22(15)17(3,4)5;2*2-1(3,4)8(5,6)7/h2*15H,12H2,1-11H3;2*(H,5,6,7)/q2*+1;;/p-2/t2*15-;;/m10../s1. The van der Waals surface area contributed by atoms with E-state index in [1.807, 2.05) is 0 Å². The average Bonchev–Trinajstić information content (AvgIpc) is 3.47. The van der Waals surface area contributed by atoms with Crippen LogP contribution in [0.15, 0.2) is 0 Å². The van der Waals surface area contributed by atoms with Gasteiger partial charge in [-0.15, -0.1) is 0 Å². The number of halogens is 6. The van der Waals surface area contributed by atoms with E-state index in [9.17, 15) is 26.3 Å². The van der Waals surface area contributed by atoms with Crippen molar-refractivity contribution in [2.24, 2.45) is 39.0 Å². The average molecular weight is 911 g/mol. The topological polar surface area (TPSA) is 138 Å². The van der Waals surface area contributed by atoms with Crippen molar-refractivity contribution >= 4 is 20.2 Å². The molecule has 2 atom stereocenters. The van der Waals surface area contributed by atoms with Crippen LogP contribution in [0.3, 0.4) is 0 Å². The minimum Gasteiger partial charge on any atom is -0.741 e. The quantitative estimate of drug-likeness (QED) is 0.129. The minimum atomic E-state index is -6.09. The Kier molecular flexibility index (Phi) is 15.8. The second-order valence-corrected chi connectivity index (χ2v) is 23.7. The Hall–Kier alpha value is -2.26. The molecular weight excluding hydrogens is 839 g/mol. The maximum absolute atomic E-state index is 10.7. The Labute approximate surface area is 355 Å². The van der Waals surface area contributed by atoms with E-state index in [2.05, 4.69) is 181 Å². The lowest BCUT2D eigenvalue weighted by Crippen LogP contribution is -2.54. The molecule has 0 radical (unpaired) electrons. The largest absolute Gasteiger partial charge is 0.741 e. The number of hydrogen-bond donors (Lipinski definition) is 0. The third-order valence-corrected chi connectivity index (χ3v) is 13.1. The Morgan fingerprint density at radius 3 is 0.883 bits per heavy atom. The smallest absolute Gasteiger partial charge is 0.485 e. The summed E-state index contributed by atoms with van der Waals surface area (Å²) in [5.74, 6) is 2.86. The highest BCUT2D eigenvalue weighted by Crippen LogP contribution is 2.57. The summed E-state index contributed by atoms with van der Waals surface area (Å²) < 4.78 is 127. The summed E-state index contributed by atoms with van der Waals surface area (Å²) >= 11 is 0. The summed E-state index contributed by atoms with van der Waals surface area (Å²) in [5.41, 5.74) is -4.64. The molecular formula is C40H72F6N6O6S2. The maximum Gasteiger partial charge on any atom is 0.485 e. The van der Waals surface area contributed by atoms with Gasteiger partial charge in [0.2, 0.25) is 0 Å². The molecule has 4 rings (SSSR count). The number of hydrogen-bond acceptors (Lipinski definition) is 8. The SMILES string of the molecule is Cc1c(C)[n+](C)c([C@@H]2N(C(C)(C)C)C(C)(C)CC2(C)C)n1C.Cc1c(C)[n+](C)c([C@H]2N(C(C)(C)C)C(C)(C)CC2(C)C)n1C.O=S(=O)([O-])C(F)(F)F.O=S(=O)([O-])C(F)(F)F. The fourth-order valence-corrected chi connectivity index (χ4v) is 10.4. The van der Waals surface area contributed by atoms with Gasteiger partial charge in [0.15, 0.2) is 20.2 Å². The first-order valence-corrected chi connectivity index (χ1v) is 22.4. The van der Waals surface area contributed by atoms with E-state index in [4.69, 9.17) is 25.9 Å². The lowest BCUT2D eigenvalue weighted by molar-refractivity contribution is -0.688. The van der Waals surface area contributed by atoms with E-state index in [-0.39, 0.29) is 33.0 Å². The molecule has 2 aromatic heterocycles. The van der Waals surface area contributed by atoms with Gasteiger partial charge in [-0.05, 0) is 92.9 Å². The second-order valence-electron chi connectivity index (χ2n) is 20.9. The van der Waals surface area contributed by atoms with Crippen molar-refractivity contribution in [1.29, 1.82) is 0 Å². The lowest BCUT2D eigenvalue weighted by Gasteiger charge is -2.45. The van der Waals surface area contributed by atoms with Gasteiger partial charge in [-0.3, -0.25) is 9.80 Å². The Balaban J connectivity index is 0.000000444. The van der Waals surface area contributed by atoms with E-state index < -0.39 is 31.3 Å². The van der Waals surface area contributed by atoms with Crippen LogP contribution in [0.25, 0.3) is 0 Å². The molecule has 0 aliphatic carbocycles. The molecule has 20 heteroatoms. The number of aromatic nitrogens is 4. The van der Waals surface area contributed by atoms with Crippen LogP contribution in [0.4, 0.5) is 26.3 Å². The molecule has 60 heavy (non-hydrogen) atoms. The summed E-state index contributed by atoms with van der Waals surface area (Å²) in [6, 6.07) is 0.842. The van der Waals surface area contributed by atoms with Gasteiger partial charge in [0.1, 0.15) is 34.9 Å². The molecule has 2 aliphatic heterocycles. The monoisotopic (exact) mass is 910 g/mol. The van der Waals surface area contributed by atoms with Gasteiger partial charge in [0, 0.05) is 49.9 Å². The van der Waals surface area contributed by atoms with E-state index in [0.29, 0.717) is 12.1 Å². The Bertz CT molecular complexity index is 1890. The minimum absolute atomic E-state index is 0.140. The van der Waals surface area contributed by atoms with Gasteiger partial charge in [-0.2, -0.15) is 26.3 Å². The highest BCUT2D eigenvalue weighted by Gasteiger charge is 2.60. The van der Waals surface area contributed by atoms with Crippen molar-refractivity contribution in [2.75, 3.05) is 0 Å². The number of likely N-dealkylation sites (tertiary alicyclic amines) is 2. The van der Waals surface area contributed by atoms with Crippen LogP contribution in [-0.2, 0) is 48.4 Å². The Morgan fingerprint density at radius 1 is 0.550 bits per heavy atom. The molecule has 0 amide bonds. The molecule has 0 unspecified atom stereocenters.